The molecule has 0 bridgehead atoms. The zero-order chi connectivity index (χ0) is 21.0. The highest BCUT2D eigenvalue weighted by atomic mass is 32.1. The number of hydrogen-bond donors (Lipinski definition) is 1. The van der Waals surface area contributed by atoms with Gasteiger partial charge < -0.3 is 24.6 Å². The molecule has 0 aromatic carbocycles. The lowest BCUT2D eigenvalue weighted by atomic mass is 9.90. The Kier molecular flexibility index (Phi) is 4.75. The van der Waals surface area contributed by atoms with Gasteiger partial charge in [0.15, 0.2) is 0 Å². The van der Waals surface area contributed by atoms with Crippen molar-refractivity contribution in [3.05, 3.63) is 17.5 Å². The fourth-order valence-corrected chi connectivity index (χ4v) is 6.09. The van der Waals surface area contributed by atoms with Gasteiger partial charge in [-0.3, -0.25) is 0 Å². The molecule has 3 aromatic rings. The smallest absolute Gasteiger partial charge is 0.150 e. The number of nitrogens with one attached hydrogen (secondary N) is 1. The Morgan fingerprint density at radius 2 is 1.77 bits per heavy atom. The number of hydrogen-bond acceptors (Lipinski definition) is 9. The van der Waals surface area contributed by atoms with Gasteiger partial charge in [0.05, 0.1) is 35.6 Å². The first-order chi connectivity index (χ1) is 15.1. The van der Waals surface area contributed by atoms with Crippen LogP contribution in [0.25, 0.3) is 20.4 Å². The number of pyridine rings is 1. The van der Waals surface area contributed by atoms with E-state index in [1.807, 2.05) is 0 Å². The molecule has 0 atom stereocenters. The van der Waals surface area contributed by atoms with E-state index in [4.69, 9.17) is 24.4 Å². The molecule has 0 spiro atoms. The first kappa shape index (κ1) is 19.6. The van der Waals surface area contributed by atoms with Crippen molar-refractivity contribution in [3.63, 3.8) is 0 Å². The molecule has 6 heterocycles. The Morgan fingerprint density at radius 3 is 2.58 bits per heavy atom. The second-order valence-corrected chi connectivity index (χ2v) is 10.1. The van der Waals surface area contributed by atoms with Crippen molar-refractivity contribution in [1.82, 2.24) is 20.3 Å². The van der Waals surface area contributed by atoms with E-state index in [1.54, 1.807) is 17.7 Å². The topological polar surface area (TPSA) is 75.6 Å². The van der Waals surface area contributed by atoms with Crippen LogP contribution in [-0.4, -0.2) is 73.0 Å². The Bertz CT molecular complexity index is 1130. The van der Waals surface area contributed by atoms with Crippen LogP contribution in [0.3, 0.4) is 0 Å². The lowest BCUT2D eigenvalue weighted by Crippen LogP contribution is -2.43. The molecule has 164 valence electrons. The van der Waals surface area contributed by atoms with Gasteiger partial charge in [0.1, 0.15) is 22.8 Å². The van der Waals surface area contributed by atoms with Gasteiger partial charge in [-0.15, -0.1) is 11.3 Å². The lowest BCUT2D eigenvalue weighted by Gasteiger charge is -2.36. The van der Waals surface area contributed by atoms with E-state index >= 15 is 0 Å². The van der Waals surface area contributed by atoms with E-state index in [0.29, 0.717) is 6.61 Å². The molecule has 3 aliphatic rings. The van der Waals surface area contributed by atoms with Gasteiger partial charge in [0, 0.05) is 56.6 Å². The van der Waals surface area contributed by atoms with Gasteiger partial charge >= 0.3 is 0 Å². The first-order valence-electron chi connectivity index (χ1n) is 11.1. The monoisotopic (exact) mass is 440 g/mol. The zero-order valence-electron chi connectivity index (χ0n) is 18.1. The highest BCUT2D eigenvalue weighted by Crippen LogP contribution is 2.44. The maximum atomic E-state index is 6.24. The minimum absolute atomic E-state index is 0.202. The summed E-state index contributed by atoms with van der Waals surface area (Å²) in [5, 5.41) is 4.63. The molecule has 0 unspecified atom stereocenters. The molecule has 3 aliphatic heterocycles. The van der Waals surface area contributed by atoms with Crippen molar-refractivity contribution < 1.29 is 9.47 Å². The minimum atomic E-state index is -0.202. The predicted molar refractivity (Wildman–Crippen MR) is 123 cm³/mol. The Hall–Kier alpha value is -2.07. The number of fused-ring (bicyclic) bond motifs is 5. The average Bonchev–Trinajstić information content (AvgIpc) is 3.18. The van der Waals surface area contributed by atoms with Crippen molar-refractivity contribution >= 4 is 43.4 Å². The predicted octanol–water partition coefficient (Wildman–Crippen LogP) is 2.34. The van der Waals surface area contributed by atoms with Crippen LogP contribution in [0.2, 0.25) is 0 Å². The molecule has 1 N–H and O–H groups in total. The van der Waals surface area contributed by atoms with E-state index < -0.39 is 0 Å². The SMILES string of the molecule is CC1(C)Cc2c(c(N3CCOCC3)nc3sc4c(N5CCNCC5)ncnc4c23)CO1. The Balaban J connectivity index is 1.58. The van der Waals surface area contributed by atoms with E-state index in [9.17, 15) is 0 Å². The van der Waals surface area contributed by atoms with Crippen molar-refractivity contribution in [2.75, 3.05) is 62.3 Å². The second-order valence-electron chi connectivity index (χ2n) is 9.11. The summed E-state index contributed by atoms with van der Waals surface area (Å²) in [6, 6.07) is 0. The normalized spacial score (nSPS) is 21.6. The summed E-state index contributed by atoms with van der Waals surface area (Å²) in [7, 11) is 0. The average molecular weight is 441 g/mol. The Morgan fingerprint density at radius 1 is 1.00 bits per heavy atom. The highest BCUT2D eigenvalue weighted by molar-refractivity contribution is 7.26. The molecule has 0 amide bonds. The standard InChI is InChI=1S/C22H28N6O2S/c1-22(2)11-14-15(12-30-22)19(28-7-9-29-10-8-28)26-21-16(14)17-18(31-21)20(25-13-24-17)27-5-3-23-4-6-27/h13,23H,3-12H2,1-2H3. The summed E-state index contributed by atoms with van der Waals surface area (Å²) in [5.41, 5.74) is 3.40. The fraction of sp³-hybridized carbons (Fsp3) is 0.591. The summed E-state index contributed by atoms with van der Waals surface area (Å²) in [5.74, 6) is 2.10. The third-order valence-corrected chi connectivity index (χ3v) is 7.58. The summed E-state index contributed by atoms with van der Waals surface area (Å²) in [6.07, 6.45) is 2.58. The maximum absolute atomic E-state index is 6.24. The molecule has 2 fully saturated rings. The quantitative estimate of drug-likeness (QED) is 0.651. The van der Waals surface area contributed by atoms with Crippen LogP contribution in [0.1, 0.15) is 25.0 Å². The van der Waals surface area contributed by atoms with Crippen LogP contribution in [0.4, 0.5) is 11.6 Å². The Labute approximate surface area is 185 Å². The molecule has 31 heavy (non-hydrogen) atoms. The first-order valence-corrected chi connectivity index (χ1v) is 11.9. The minimum Gasteiger partial charge on any atom is -0.378 e. The van der Waals surface area contributed by atoms with Gasteiger partial charge in [0.2, 0.25) is 0 Å². The number of morpholine rings is 1. The summed E-state index contributed by atoms with van der Waals surface area (Å²) in [4.78, 5) is 20.4. The summed E-state index contributed by atoms with van der Waals surface area (Å²) in [6.45, 7) is 12.0. The van der Waals surface area contributed by atoms with Crippen LogP contribution in [0.15, 0.2) is 6.33 Å². The van der Waals surface area contributed by atoms with Gasteiger partial charge in [-0.25, -0.2) is 15.0 Å². The largest absolute Gasteiger partial charge is 0.378 e. The zero-order valence-corrected chi connectivity index (χ0v) is 18.9. The number of anilines is 2. The van der Waals surface area contributed by atoms with Gasteiger partial charge in [-0.05, 0) is 19.4 Å². The molecule has 3 aromatic heterocycles. The van der Waals surface area contributed by atoms with Crippen molar-refractivity contribution in [2.24, 2.45) is 0 Å². The molecular weight excluding hydrogens is 412 g/mol. The van der Waals surface area contributed by atoms with Gasteiger partial charge in [-0.2, -0.15) is 0 Å². The molecule has 0 radical (unpaired) electrons. The van der Waals surface area contributed by atoms with E-state index in [2.05, 4.69) is 29.0 Å². The molecule has 0 saturated carbocycles. The molecule has 0 aliphatic carbocycles. The van der Waals surface area contributed by atoms with Crippen LogP contribution in [0, 0.1) is 0 Å². The molecule has 2 saturated heterocycles. The third kappa shape index (κ3) is 3.34. The number of ether oxygens (including phenoxy) is 2. The summed E-state index contributed by atoms with van der Waals surface area (Å²) >= 11 is 1.74. The van der Waals surface area contributed by atoms with Crippen molar-refractivity contribution in [2.45, 2.75) is 32.5 Å². The van der Waals surface area contributed by atoms with Crippen molar-refractivity contribution in [1.29, 1.82) is 0 Å². The lowest BCUT2D eigenvalue weighted by molar-refractivity contribution is -0.0396. The number of aromatic nitrogens is 3. The van der Waals surface area contributed by atoms with Crippen LogP contribution in [-0.2, 0) is 22.5 Å². The van der Waals surface area contributed by atoms with Crippen LogP contribution in [0.5, 0.6) is 0 Å². The van der Waals surface area contributed by atoms with E-state index in [0.717, 1.165) is 85.6 Å². The highest BCUT2D eigenvalue weighted by Gasteiger charge is 2.33. The fourth-order valence-electron chi connectivity index (χ4n) is 4.92. The van der Waals surface area contributed by atoms with Crippen LogP contribution >= 0.6 is 11.3 Å². The third-order valence-electron chi connectivity index (χ3n) is 6.51. The number of thiophene rings is 1. The van der Waals surface area contributed by atoms with Gasteiger partial charge in [-0.1, -0.05) is 0 Å². The summed E-state index contributed by atoms with van der Waals surface area (Å²) < 4.78 is 13.0. The molecule has 8 nitrogen and oxygen atoms in total. The molecule has 9 heteroatoms. The second kappa shape index (κ2) is 7.51. The van der Waals surface area contributed by atoms with E-state index in [1.165, 1.54) is 16.5 Å². The maximum Gasteiger partial charge on any atom is 0.150 e. The number of rotatable bonds is 2. The number of piperazine rings is 1. The van der Waals surface area contributed by atoms with E-state index in [-0.39, 0.29) is 5.60 Å². The molecule has 6 rings (SSSR count). The van der Waals surface area contributed by atoms with Crippen LogP contribution < -0.4 is 15.1 Å². The number of nitrogens with zero attached hydrogens (tertiary/aromatic N) is 5. The van der Waals surface area contributed by atoms with Crippen molar-refractivity contribution in [3.8, 4) is 0 Å². The molecular formula is C22H28N6O2S. The van der Waals surface area contributed by atoms with Gasteiger partial charge in [0.25, 0.3) is 0 Å².